The Morgan fingerprint density at radius 2 is 1.40 bits per heavy atom. The molecule has 4 nitrogen and oxygen atoms in total. The van der Waals surface area contributed by atoms with Gasteiger partial charge in [0.1, 0.15) is 23.3 Å². The van der Waals surface area contributed by atoms with Crippen molar-refractivity contribution in [2.24, 2.45) is 0 Å². The van der Waals surface area contributed by atoms with Crippen molar-refractivity contribution in [2.45, 2.75) is 68.8 Å². The van der Waals surface area contributed by atoms with Gasteiger partial charge in [0.2, 0.25) is 0 Å². The summed E-state index contributed by atoms with van der Waals surface area (Å²) >= 11 is 3.62. The molecule has 0 amide bonds. The molecule has 2 aromatic rings. The molecule has 0 bridgehead atoms. The zero-order chi connectivity index (χ0) is 21.6. The fourth-order valence-corrected chi connectivity index (χ4v) is 9.99. The van der Waals surface area contributed by atoms with Gasteiger partial charge < -0.3 is 18.6 Å². The zero-order valence-corrected chi connectivity index (χ0v) is 20.9. The van der Waals surface area contributed by atoms with Crippen molar-refractivity contribution in [3.63, 3.8) is 0 Å². The van der Waals surface area contributed by atoms with E-state index in [9.17, 15) is 0 Å². The highest BCUT2D eigenvalue weighted by Gasteiger charge is 2.56. The Labute approximate surface area is 189 Å². The first-order chi connectivity index (χ1) is 14.1. The third kappa shape index (κ3) is 3.94. The molecule has 0 saturated carbocycles. The van der Waals surface area contributed by atoms with E-state index < -0.39 is 14.1 Å². The molecule has 2 fully saturated rings. The van der Waals surface area contributed by atoms with Gasteiger partial charge in [0.25, 0.3) is 8.32 Å². The monoisotopic (exact) mass is 490 g/mol. The predicted molar refractivity (Wildman–Crippen MR) is 125 cm³/mol. The molecule has 0 radical (unpaired) electrons. The number of halogens is 1. The molecular weight excluding hydrogens is 460 g/mol. The highest BCUT2D eigenvalue weighted by atomic mass is 79.9. The molecule has 4 rings (SSSR count). The van der Waals surface area contributed by atoms with E-state index in [2.05, 4.69) is 97.4 Å². The number of benzene rings is 2. The van der Waals surface area contributed by atoms with Crippen LogP contribution in [0.2, 0.25) is 5.04 Å². The van der Waals surface area contributed by atoms with Crippen molar-refractivity contribution in [1.29, 1.82) is 0 Å². The molecule has 2 aromatic carbocycles. The minimum atomic E-state index is -2.61. The molecule has 0 aromatic heterocycles. The SMILES string of the molecule is CC1(C)O[C@@H]2[C@H](O1)[C@@H](CO[Si](c1ccccc1)(c1ccccc1)C(C)(C)C)O[C@@H]2Br. The van der Waals surface area contributed by atoms with Gasteiger partial charge in [0, 0.05) is 0 Å². The van der Waals surface area contributed by atoms with E-state index in [0.29, 0.717) is 6.61 Å². The van der Waals surface area contributed by atoms with E-state index >= 15 is 0 Å². The van der Waals surface area contributed by atoms with E-state index in [1.165, 1.54) is 10.4 Å². The van der Waals surface area contributed by atoms with Crippen LogP contribution < -0.4 is 10.4 Å². The summed E-state index contributed by atoms with van der Waals surface area (Å²) in [5.74, 6) is -0.610. The van der Waals surface area contributed by atoms with Gasteiger partial charge in [-0.1, -0.05) is 97.4 Å². The predicted octanol–water partition coefficient (Wildman–Crippen LogP) is 4.20. The fraction of sp³-hybridized carbons (Fsp3) is 0.500. The van der Waals surface area contributed by atoms with Crippen LogP contribution in [0.15, 0.2) is 60.7 Å². The number of hydrogen-bond donors (Lipinski definition) is 0. The number of hydrogen-bond acceptors (Lipinski definition) is 4. The summed E-state index contributed by atoms with van der Waals surface area (Å²) in [5, 5.41) is 2.25. The first kappa shape index (κ1) is 22.2. The lowest BCUT2D eigenvalue weighted by molar-refractivity contribution is -0.180. The van der Waals surface area contributed by atoms with Crippen molar-refractivity contribution in [3.05, 3.63) is 60.7 Å². The molecule has 0 aliphatic carbocycles. The van der Waals surface area contributed by atoms with E-state index in [4.69, 9.17) is 18.6 Å². The second-order valence-electron chi connectivity index (χ2n) is 9.56. The number of fused-ring (bicyclic) bond motifs is 1. The molecule has 162 valence electrons. The molecule has 0 unspecified atom stereocenters. The summed E-state index contributed by atoms with van der Waals surface area (Å²) in [6, 6.07) is 21.3. The van der Waals surface area contributed by atoms with Crippen LogP contribution in [0.25, 0.3) is 0 Å². The van der Waals surface area contributed by atoms with Crippen LogP contribution in [0.3, 0.4) is 0 Å². The Balaban J connectivity index is 1.69. The molecular formula is C24H31BrO4Si. The third-order valence-corrected chi connectivity index (χ3v) is 11.7. The highest BCUT2D eigenvalue weighted by molar-refractivity contribution is 9.09. The zero-order valence-electron chi connectivity index (χ0n) is 18.3. The molecule has 30 heavy (non-hydrogen) atoms. The van der Waals surface area contributed by atoms with Crippen molar-refractivity contribution in [2.75, 3.05) is 6.61 Å². The Morgan fingerprint density at radius 1 is 0.900 bits per heavy atom. The Hall–Kier alpha value is -1.02. The molecule has 6 heteroatoms. The van der Waals surface area contributed by atoms with Gasteiger partial charge in [-0.2, -0.15) is 0 Å². The van der Waals surface area contributed by atoms with Gasteiger partial charge >= 0.3 is 0 Å². The van der Waals surface area contributed by atoms with Crippen LogP contribution in [-0.2, 0) is 18.6 Å². The second kappa shape index (κ2) is 8.15. The summed E-state index contributed by atoms with van der Waals surface area (Å²) in [6.07, 6.45) is -0.474. The third-order valence-electron chi connectivity index (χ3n) is 5.97. The van der Waals surface area contributed by atoms with Gasteiger partial charge in [-0.25, -0.2) is 0 Å². The first-order valence-electron chi connectivity index (χ1n) is 10.5. The van der Waals surface area contributed by atoms with E-state index in [1.807, 2.05) is 13.8 Å². The summed E-state index contributed by atoms with van der Waals surface area (Å²) in [5.41, 5.74) is 0. The van der Waals surface area contributed by atoms with E-state index in [-0.39, 0.29) is 28.4 Å². The Bertz CT molecular complexity index is 813. The summed E-state index contributed by atoms with van der Waals surface area (Å²) in [4.78, 5) is 0. The normalized spacial score (nSPS) is 28.5. The summed E-state index contributed by atoms with van der Waals surface area (Å²) in [7, 11) is -2.61. The molecule has 4 atom stereocenters. The van der Waals surface area contributed by atoms with Gasteiger partial charge in [-0.05, 0) is 29.3 Å². The van der Waals surface area contributed by atoms with Crippen molar-refractivity contribution >= 4 is 34.6 Å². The maximum absolute atomic E-state index is 7.03. The summed E-state index contributed by atoms with van der Waals surface area (Å²) in [6.45, 7) is 11.2. The molecule has 2 aliphatic rings. The van der Waals surface area contributed by atoms with E-state index in [0.717, 1.165) is 0 Å². The van der Waals surface area contributed by atoms with Gasteiger partial charge in [0.05, 0.1) is 6.61 Å². The van der Waals surface area contributed by atoms with Crippen molar-refractivity contribution in [3.8, 4) is 0 Å². The molecule has 2 aliphatic heterocycles. The van der Waals surface area contributed by atoms with Crippen LogP contribution in [-0.4, -0.2) is 44.0 Å². The van der Waals surface area contributed by atoms with Crippen LogP contribution >= 0.6 is 15.9 Å². The van der Waals surface area contributed by atoms with Gasteiger partial charge in [-0.3, -0.25) is 0 Å². The molecule has 2 heterocycles. The van der Waals surface area contributed by atoms with Crippen LogP contribution in [0.5, 0.6) is 0 Å². The minimum absolute atomic E-state index is 0.0756. The largest absolute Gasteiger partial charge is 0.405 e. The lowest BCUT2D eigenvalue weighted by atomic mass is 10.2. The maximum Gasteiger partial charge on any atom is 0.261 e. The topological polar surface area (TPSA) is 36.9 Å². The maximum atomic E-state index is 7.03. The van der Waals surface area contributed by atoms with Gasteiger partial charge in [0.15, 0.2) is 5.79 Å². The van der Waals surface area contributed by atoms with Crippen molar-refractivity contribution in [1.82, 2.24) is 0 Å². The quantitative estimate of drug-likeness (QED) is 0.464. The lowest BCUT2D eigenvalue weighted by Gasteiger charge is -2.43. The highest BCUT2D eigenvalue weighted by Crippen LogP contribution is 2.42. The first-order valence-corrected chi connectivity index (χ1v) is 13.4. The number of ether oxygens (including phenoxy) is 3. The van der Waals surface area contributed by atoms with E-state index in [1.54, 1.807) is 0 Å². The molecule has 0 N–H and O–H groups in total. The van der Waals surface area contributed by atoms with Crippen LogP contribution in [0.4, 0.5) is 0 Å². The molecule has 0 spiro atoms. The average molecular weight is 491 g/mol. The Kier molecular flexibility index (Phi) is 6.03. The van der Waals surface area contributed by atoms with Crippen LogP contribution in [0.1, 0.15) is 34.6 Å². The molecule has 2 saturated heterocycles. The standard InChI is InChI=1S/C24H31BrO4Si/c1-23(2,3)30(17-12-8-6-9-13-17,18-14-10-7-11-15-18)26-16-19-20-21(22(25)27-19)29-24(4,5)28-20/h6-15,19-22H,16H2,1-5H3/t19-,20-,21-,22+/m1/s1. The average Bonchev–Trinajstić information content (AvgIpc) is 3.17. The number of alkyl halides is 1. The minimum Gasteiger partial charge on any atom is -0.405 e. The van der Waals surface area contributed by atoms with Crippen LogP contribution in [0, 0.1) is 0 Å². The smallest absolute Gasteiger partial charge is 0.261 e. The Morgan fingerprint density at radius 3 is 1.90 bits per heavy atom. The lowest BCUT2D eigenvalue weighted by Crippen LogP contribution is -2.67. The number of rotatable bonds is 5. The van der Waals surface area contributed by atoms with Gasteiger partial charge in [-0.15, -0.1) is 0 Å². The fourth-order valence-electron chi connectivity index (χ4n) is 4.73. The summed E-state index contributed by atoms with van der Waals surface area (Å²) < 4.78 is 25.4. The van der Waals surface area contributed by atoms with Crippen molar-refractivity contribution < 1.29 is 18.6 Å². The second-order valence-corrected chi connectivity index (χ2v) is 14.8.